The van der Waals surface area contributed by atoms with Crippen molar-refractivity contribution >= 4 is 7.60 Å². The summed E-state index contributed by atoms with van der Waals surface area (Å²) >= 11 is 0. The van der Waals surface area contributed by atoms with E-state index in [1.54, 1.807) is 6.20 Å². The SMILES string of the molecule is CCCCCCCCC=CNC(O)CP(=O)(O)O. The number of unbranched alkanes of at least 4 members (excludes halogenated alkanes) is 6. The van der Waals surface area contributed by atoms with Crippen LogP contribution in [0.5, 0.6) is 0 Å². The zero-order chi connectivity index (χ0) is 13.9. The van der Waals surface area contributed by atoms with Gasteiger partial charge in [-0.25, -0.2) is 0 Å². The van der Waals surface area contributed by atoms with Gasteiger partial charge in [-0.05, 0) is 19.0 Å². The number of aliphatic hydroxyl groups is 1. The third kappa shape index (κ3) is 13.7. The molecule has 0 rings (SSSR count). The Labute approximate surface area is 109 Å². The summed E-state index contributed by atoms with van der Waals surface area (Å²) in [5.74, 6) is 0. The maximum Gasteiger partial charge on any atom is 0.330 e. The smallest absolute Gasteiger partial charge is 0.330 e. The van der Waals surface area contributed by atoms with Gasteiger partial charge in [0.25, 0.3) is 0 Å². The molecule has 0 amide bonds. The highest BCUT2D eigenvalue weighted by atomic mass is 31.2. The molecule has 0 spiro atoms. The lowest BCUT2D eigenvalue weighted by molar-refractivity contribution is 0.168. The van der Waals surface area contributed by atoms with E-state index in [1.165, 1.54) is 32.1 Å². The Kier molecular flexibility index (Phi) is 10.4. The number of hydrogen-bond acceptors (Lipinski definition) is 3. The van der Waals surface area contributed by atoms with Gasteiger partial charge in [0.15, 0.2) is 0 Å². The Balaban J connectivity index is 3.40. The predicted octanol–water partition coefficient (Wildman–Crippen LogP) is 2.34. The van der Waals surface area contributed by atoms with E-state index in [9.17, 15) is 9.67 Å². The van der Waals surface area contributed by atoms with Gasteiger partial charge < -0.3 is 20.2 Å². The average molecular weight is 279 g/mol. The summed E-state index contributed by atoms with van der Waals surface area (Å²) in [4.78, 5) is 17.2. The Hall–Kier alpha value is -0.350. The van der Waals surface area contributed by atoms with E-state index in [1.807, 2.05) is 6.08 Å². The minimum absolute atomic E-state index is 0.561. The Morgan fingerprint density at radius 3 is 2.39 bits per heavy atom. The number of aliphatic hydroxyl groups excluding tert-OH is 1. The van der Waals surface area contributed by atoms with Crippen molar-refractivity contribution in [1.29, 1.82) is 0 Å². The molecule has 6 heteroatoms. The summed E-state index contributed by atoms with van der Waals surface area (Å²) in [5.41, 5.74) is 0. The molecule has 0 saturated carbocycles. The second kappa shape index (κ2) is 10.6. The van der Waals surface area contributed by atoms with Gasteiger partial charge in [0.1, 0.15) is 6.23 Å². The number of allylic oxidation sites excluding steroid dienone is 1. The number of hydrogen-bond donors (Lipinski definition) is 4. The monoisotopic (exact) mass is 279 g/mol. The normalized spacial score (nSPS) is 14.0. The quantitative estimate of drug-likeness (QED) is 0.265. The van der Waals surface area contributed by atoms with Crippen molar-refractivity contribution < 1.29 is 19.5 Å². The molecule has 0 aliphatic carbocycles. The van der Waals surface area contributed by atoms with Crippen LogP contribution in [0.1, 0.15) is 51.9 Å². The van der Waals surface area contributed by atoms with Crippen molar-refractivity contribution in [2.45, 2.75) is 58.1 Å². The fourth-order valence-electron chi connectivity index (χ4n) is 1.58. The van der Waals surface area contributed by atoms with E-state index in [-0.39, 0.29) is 0 Å². The Morgan fingerprint density at radius 2 is 1.78 bits per heavy atom. The molecule has 1 atom stereocenters. The molecule has 0 heterocycles. The third-order valence-electron chi connectivity index (χ3n) is 2.54. The lowest BCUT2D eigenvalue weighted by Crippen LogP contribution is -2.27. The Bertz CT molecular complexity index is 265. The van der Waals surface area contributed by atoms with Gasteiger partial charge in [0, 0.05) is 0 Å². The molecule has 0 radical (unpaired) electrons. The van der Waals surface area contributed by atoms with Gasteiger partial charge in [0.05, 0.1) is 6.16 Å². The second-order valence-electron chi connectivity index (χ2n) is 4.49. The van der Waals surface area contributed by atoms with Crippen LogP contribution in [0, 0.1) is 0 Å². The highest BCUT2D eigenvalue weighted by molar-refractivity contribution is 7.51. The molecule has 0 aromatic heterocycles. The van der Waals surface area contributed by atoms with E-state index < -0.39 is 20.0 Å². The van der Waals surface area contributed by atoms with Crippen molar-refractivity contribution in [2.24, 2.45) is 0 Å². The van der Waals surface area contributed by atoms with Crippen LogP contribution in [0.3, 0.4) is 0 Å². The fourth-order valence-corrected chi connectivity index (χ4v) is 2.14. The van der Waals surface area contributed by atoms with E-state index in [0.29, 0.717) is 0 Å². The van der Waals surface area contributed by atoms with E-state index in [4.69, 9.17) is 9.79 Å². The first-order valence-corrected chi connectivity index (χ1v) is 8.39. The molecule has 0 bridgehead atoms. The van der Waals surface area contributed by atoms with Crippen molar-refractivity contribution in [3.63, 3.8) is 0 Å². The first-order valence-electron chi connectivity index (χ1n) is 6.59. The topological polar surface area (TPSA) is 89.8 Å². The molecule has 4 N–H and O–H groups in total. The van der Waals surface area contributed by atoms with Crippen LogP contribution >= 0.6 is 7.60 Å². The van der Waals surface area contributed by atoms with Gasteiger partial charge in [-0.1, -0.05) is 45.1 Å². The first kappa shape index (κ1) is 17.6. The molecule has 0 saturated heterocycles. The summed E-state index contributed by atoms with van der Waals surface area (Å²) in [6.07, 6.45) is 10.0. The molecule has 1 unspecified atom stereocenters. The van der Waals surface area contributed by atoms with Crippen molar-refractivity contribution in [3.8, 4) is 0 Å². The molecule has 108 valence electrons. The predicted molar refractivity (Wildman–Crippen MR) is 73.2 cm³/mol. The van der Waals surface area contributed by atoms with Crippen LogP contribution in [-0.2, 0) is 4.57 Å². The molecule has 18 heavy (non-hydrogen) atoms. The van der Waals surface area contributed by atoms with Gasteiger partial charge in [0.2, 0.25) is 0 Å². The third-order valence-corrected chi connectivity index (χ3v) is 3.36. The lowest BCUT2D eigenvalue weighted by atomic mass is 10.1. The molecule has 0 aromatic carbocycles. The van der Waals surface area contributed by atoms with Crippen LogP contribution in [-0.4, -0.2) is 27.3 Å². The van der Waals surface area contributed by atoms with Crippen LogP contribution in [0.15, 0.2) is 12.3 Å². The van der Waals surface area contributed by atoms with Gasteiger partial charge in [-0.2, -0.15) is 0 Å². The van der Waals surface area contributed by atoms with Gasteiger partial charge in [-0.15, -0.1) is 0 Å². The van der Waals surface area contributed by atoms with Crippen LogP contribution in [0.2, 0.25) is 0 Å². The Morgan fingerprint density at radius 1 is 1.17 bits per heavy atom. The molecule has 0 aromatic rings. The second-order valence-corrected chi connectivity index (χ2v) is 6.18. The van der Waals surface area contributed by atoms with Crippen LogP contribution in [0.25, 0.3) is 0 Å². The molecule has 5 nitrogen and oxygen atoms in total. The lowest BCUT2D eigenvalue weighted by Gasteiger charge is -2.11. The van der Waals surface area contributed by atoms with Gasteiger partial charge in [-0.3, -0.25) is 4.57 Å². The highest BCUT2D eigenvalue weighted by Gasteiger charge is 2.18. The molecular formula is C12H26NO4P. The minimum Gasteiger partial charge on any atom is -0.373 e. The number of rotatable bonds is 11. The highest BCUT2D eigenvalue weighted by Crippen LogP contribution is 2.34. The summed E-state index contributed by atoms with van der Waals surface area (Å²) in [5, 5.41) is 11.8. The molecule has 0 aliphatic heterocycles. The molecule has 0 fully saturated rings. The van der Waals surface area contributed by atoms with E-state index in [0.717, 1.165) is 12.8 Å². The van der Waals surface area contributed by atoms with Crippen molar-refractivity contribution in [3.05, 3.63) is 12.3 Å². The largest absolute Gasteiger partial charge is 0.373 e. The maximum absolute atomic E-state index is 10.6. The van der Waals surface area contributed by atoms with Gasteiger partial charge >= 0.3 is 7.60 Å². The van der Waals surface area contributed by atoms with Crippen molar-refractivity contribution in [1.82, 2.24) is 5.32 Å². The standard InChI is InChI=1S/C12H26NO4P/c1-2-3-4-5-6-7-8-9-10-13-12(14)11-18(15,16)17/h9-10,12-14H,2-8,11H2,1H3,(H2,15,16,17). The van der Waals surface area contributed by atoms with Crippen LogP contribution < -0.4 is 5.32 Å². The maximum atomic E-state index is 10.6. The summed E-state index contributed by atoms with van der Waals surface area (Å²) in [7, 11) is -4.15. The number of nitrogens with one attached hydrogen (secondary N) is 1. The zero-order valence-corrected chi connectivity index (χ0v) is 12.0. The van der Waals surface area contributed by atoms with E-state index in [2.05, 4.69) is 12.2 Å². The van der Waals surface area contributed by atoms with E-state index >= 15 is 0 Å². The van der Waals surface area contributed by atoms with Crippen LogP contribution in [0.4, 0.5) is 0 Å². The average Bonchev–Trinajstić information content (AvgIpc) is 2.24. The minimum atomic E-state index is -4.15. The molecule has 0 aliphatic rings. The summed E-state index contributed by atoms with van der Waals surface area (Å²) in [6.45, 7) is 2.19. The zero-order valence-electron chi connectivity index (χ0n) is 11.1. The fraction of sp³-hybridized carbons (Fsp3) is 0.833. The summed E-state index contributed by atoms with van der Waals surface area (Å²) < 4.78 is 10.6. The first-order chi connectivity index (χ1) is 8.45. The molecular weight excluding hydrogens is 253 g/mol. The summed E-state index contributed by atoms with van der Waals surface area (Å²) in [6, 6.07) is 0. The van der Waals surface area contributed by atoms with Crippen molar-refractivity contribution in [2.75, 3.05) is 6.16 Å².